The summed E-state index contributed by atoms with van der Waals surface area (Å²) < 4.78 is 2.85. The van der Waals surface area contributed by atoms with Gasteiger partial charge in [-0.15, -0.1) is 0 Å². The Morgan fingerprint density at radius 1 is 0.879 bits per heavy atom. The van der Waals surface area contributed by atoms with Crippen LogP contribution in [0.1, 0.15) is 27.2 Å². The Bertz CT molecular complexity index is 984. The molecule has 1 saturated heterocycles. The Morgan fingerprint density at radius 3 is 1.70 bits per heavy atom. The van der Waals surface area contributed by atoms with Gasteiger partial charge in [0, 0.05) is 0 Å². The van der Waals surface area contributed by atoms with Gasteiger partial charge in [-0.05, 0) is 0 Å². The van der Waals surface area contributed by atoms with E-state index in [1.807, 2.05) is 25.7 Å². The Labute approximate surface area is 211 Å². The number of nitrogens with zero attached hydrogens (tertiary/aromatic N) is 1. The second-order valence-electron chi connectivity index (χ2n) is 9.95. The van der Waals surface area contributed by atoms with Crippen molar-refractivity contribution in [2.45, 2.75) is 32.8 Å². The fourth-order valence-electron chi connectivity index (χ4n) is 4.94. The maximum absolute atomic E-state index is 12.8. The minimum atomic E-state index is -2.83. The van der Waals surface area contributed by atoms with Crippen LogP contribution in [0, 0.1) is 5.92 Å². The van der Waals surface area contributed by atoms with Crippen LogP contribution in [0.5, 0.6) is 0 Å². The molecule has 0 spiro atoms. The fourth-order valence-corrected chi connectivity index (χ4v) is 14.7. The van der Waals surface area contributed by atoms with Crippen LogP contribution in [0.25, 0.3) is 0 Å². The number of hydrogen-bond donors (Lipinski definition) is 0. The van der Waals surface area contributed by atoms with Crippen molar-refractivity contribution in [2.24, 2.45) is 5.92 Å². The van der Waals surface area contributed by atoms with Crippen molar-refractivity contribution in [1.29, 1.82) is 0 Å². The summed E-state index contributed by atoms with van der Waals surface area (Å²) in [5.41, 5.74) is -0.476. The van der Waals surface area contributed by atoms with Gasteiger partial charge in [-0.1, -0.05) is 0 Å². The molecule has 1 amide bonds. The topological polar surface area (TPSA) is 29.5 Å². The van der Waals surface area contributed by atoms with Gasteiger partial charge in [0.25, 0.3) is 0 Å². The van der Waals surface area contributed by atoms with Crippen LogP contribution in [0.4, 0.5) is 4.79 Å². The molecule has 0 bridgehead atoms. The third-order valence-electron chi connectivity index (χ3n) is 6.42. The molecule has 5 heteroatoms. The Kier molecular flexibility index (Phi) is 6.89. The second kappa shape index (κ2) is 9.38. The average Bonchev–Trinajstić information content (AvgIpc) is 3.28. The van der Waals surface area contributed by atoms with E-state index >= 15 is 0 Å². The molecule has 1 heterocycles. The van der Waals surface area contributed by atoms with E-state index in [-0.39, 0.29) is 6.09 Å². The van der Waals surface area contributed by atoms with Crippen molar-refractivity contribution in [3.05, 3.63) is 91.0 Å². The zero-order chi connectivity index (χ0) is 23.6. The molecule has 0 aromatic heterocycles. The van der Waals surface area contributed by atoms with E-state index in [0.29, 0.717) is 5.92 Å². The molecule has 174 valence electrons. The number of ether oxygens (including phenoxy) is 1. The molecule has 1 fully saturated rings. The molecule has 0 saturated carbocycles. The Morgan fingerprint density at radius 2 is 1.30 bits per heavy atom. The van der Waals surface area contributed by atoms with E-state index in [1.165, 1.54) is 15.9 Å². The number of rotatable bonds is 5. The number of amides is 1. The number of carbonyl (C=O) groups excluding carboxylic acids is 1. The molecule has 3 nitrogen and oxygen atoms in total. The number of halogens is 1. The van der Waals surface area contributed by atoms with E-state index < -0.39 is 9.85 Å². The summed E-state index contributed by atoms with van der Waals surface area (Å²) in [5, 5.41) is 4.16. The fraction of sp³-hybridized carbons (Fsp3) is 0.321. The third kappa shape index (κ3) is 4.83. The molecule has 0 N–H and O–H groups in total. The molecular weight excluding hydrogens is 540 g/mol. The monoisotopic (exact) mass is 573 g/mol. The zero-order valence-corrected chi connectivity index (χ0v) is 22.7. The summed E-state index contributed by atoms with van der Waals surface area (Å²) >= 11 is 2.84. The van der Waals surface area contributed by atoms with Gasteiger partial charge < -0.3 is 0 Å². The first-order valence-electron chi connectivity index (χ1n) is 11.6. The van der Waals surface area contributed by atoms with Gasteiger partial charge in [0.05, 0.1) is 0 Å². The molecule has 33 heavy (non-hydrogen) atoms. The van der Waals surface area contributed by atoms with E-state index in [0.717, 1.165) is 25.7 Å². The summed E-state index contributed by atoms with van der Waals surface area (Å²) in [7, 11) is 0. The summed E-state index contributed by atoms with van der Waals surface area (Å²) in [4.78, 5) is 14.7. The van der Waals surface area contributed by atoms with Crippen LogP contribution in [-0.4, -0.2) is 35.8 Å². The summed E-state index contributed by atoms with van der Waals surface area (Å²) in [5.74, 6) is 0.396. The zero-order valence-electron chi connectivity index (χ0n) is 19.7. The molecule has 1 aliphatic rings. The van der Waals surface area contributed by atoms with Crippen LogP contribution in [0.2, 0.25) is 0 Å². The summed E-state index contributed by atoms with van der Waals surface area (Å²) in [6, 6.07) is 33.0. The van der Waals surface area contributed by atoms with E-state index in [1.54, 1.807) is 0 Å². The minimum absolute atomic E-state index is 0.196. The van der Waals surface area contributed by atoms with Gasteiger partial charge in [0.1, 0.15) is 0 Å². The molecular formula is C28H33INO2P. The van der Waals surface area contributed by atoms with Crippen molar-refractivity contribution in [2.75, 3.05) is 19.3 Å². The van der Waals surface area contributed by atoms with E-state index in [2.05, 4.69) is 113 Å². The predicted octanol–water partition coefficient (Wildman–Crippen LogP) is 6.12. The van der Waals surface area contributed by atoms with Crippen LogP contribution < -0.4 is 15.9 Å². The molecule has 0 aliphatic carbocycles. The van der Waals surface area contributed by atoms with Crippen LogP contribution in [-0.2, 0) is 4.74 Å². The van der Waals surface area contributed by atoms with Crippen LogP contribution in [0.15, 0.2) is 91.0 Å². The van der Waals surface area contributed by atoms with Gasteiger partial charge in [-0.2, -0.15) is 0 Å². The molecule has 3 aromatic carbocycles. The maximum atomic E-state index is 12.8. The van der Waals surface area contributed by atoms with Gasteiger partial charge in [0.2, 0.25) is 0 Å². The molecule has 4 rings (SSSR count). The normalized spacial score (nSPS) is 17.9. The quantitative estimate of drug-likeness (QED) is 0.272. The first-order valence-corrected chi connectivity index (χ1v) is 16.8. The van der Waals surface area contributed by atoms with Crippen molar-refractivity contribution < 1.29 is 9.53 Å². The number of benzene rings is 3. The van der Waals surface area contributed by atoms with Crippen LogP contribution in [0.3, 0.4) is 0 Å². The van der Waals surface area contributed by atoms with Gasteiger partial charge in [-0.3, -0.25) is 0 Å². The standard InChI is InChI=1S/C28H33INO2P/c1-28(2,3)32-27(31)30-20-19-23(21-30)22-33(29,24-13-7-4-8-14-24,25-15-9-5-10-16-25)26-17-11-6-12-18-26/h4-18,23H,19-22H2,1-3H3/t23-/m0/s1. The predicted molar refractivity (Wildman–Crippen MR) is 150 cm³/mol. The number of likely N-dealkylation sites (tertiary alicyclic amines) is 1. The van der Waals surface area contributed by atoms with Crippen LogP contribution >= 0.6 is 26.3 Å². The molecule has 3 aromatic rings. The summed E-state index contributed by atoms with van der Waals surface area (Å²) in [6.45, 7) is 7.27. The second-order valence-corrected chi connectivity index (χ2v) is 20.6. The third-order valence-corrected chi connectivity index (χ3v) is 17.9. The molecule has 0 unspecified atom stereocenters. The van der Waals surface area contributed by atoms with Crippen molar-refractivity contribution in [3.8, 4) is 0 Å². The number of hydrogen-bond acceptors (Lipinski definition) is 2. The first kappa shape index (κ1) is 24.2. The van der Waals surface area contributed by atoms with Crippen molar-refractivity contribution in [1.82, 2.24) is 4.90 Å². The van der Waals surface area contributed by atoms with Crippen molar-refractivity contribution in [3.63, 3.8) is 0 Å². The number of carbonyl (C=O) groups is 1. The molecule has 1 aliphatic heterocycles. The average molecular weight is 573 g/mol. The summed E-state index contributed by atoms with van der Waals surface area (Å²) in [6.07, 6.45) is 1.81. The van der Waals surface area contributed by atoms with E-state index in [4.69, 9.17) is 4.74 Å². The van der Waals surface area contributed by atoms with Gasteiger partial charge in [0.15, 0.2) is 0 Å². The molecule has 0 radical (unpaired) electrons. The molecule has 1 atom stereocenters. The van der Waals surface area contributed by atoms with E-state index in [9.17, 15) is 4.79 Å². The van der Waals surface area contributed by atoms with Crippen molar-refractivity contribution >= 4 is 48.3 Å². The Hall–Kier alpha value is -1.91. The Balaban J connectivity index is 1.79. The first-order chi connectivity index (χ1) is 15.7. The van der Waals surface area contributed by atoms with Gasteiger partial charge >= 0.3 is 212 Å². The SMILES string of the molecule is CC(C)(C)OC(=O)N1CC[C@H](CP(I)(c2ccccc2)(c2ccccc2)c2ccccc2)C1. The van der Waals surface area contributed by atoms with Gasteiger partial charge in [-0.25, -0.2) is 0 Å².